The van der Waals surface area contributed by atoms with E-state index in [-0.39, 0.29) is 26.9 Å². The third-order valence-electron chi connectivity index (χ3n) is 2.50. The van der Waals surface area contributed by atoms with Gasteiger partial charge in [0.25, 0.3) is 0 Å². The third kappa shape index (κ3) is 1.31. The zero-order valence-electron chi connectivity index (χ0n) is 8.18. The van der Waals surface area contributed by atoms with Crippen LogP contribution in [0.4, 0.5) is 0 Å². The number of carbonyl (C=O) groups excluding carboxylic acids is 3. The molecule has 0 aromatic carbocycles. The average molecular weight is 263 g/mol. The van der Waals surface area contributed by atoms with Gasteiger partial charge in [0.1, 0.15) is 0 Å². The zero-order chi connectivity index (χ0) is 12.2. The number of rotatable bonds is 1. The number of hydrogen-bond acceptors (Lipinski definition) is 6. The van der Waals surface area contributed by atoms with Crippen molar-refractivity contribution in [1.82, 2.24) is 0 Å². The Morgan fingerprint density at radius 1 is 1.12 bits per heavy atom. The fourth-order valence-corrected chi connectivity index (χ4v) is 3.53. The minimum atomic E-state index is -1.37. The first-order valence-corrected chi connectivity index (χ1v) is 6.31. The summed E-state index contributed by atoms with van der Waals surface area (Å²) in [7, 11) is 0. The van der Waals surface area contributed by atoms with Gasteiger partial charge in [0.2, 0.25) is 11.6 Å². The predicted octanol–water partition coefficient (Wildman–Crippen LogP) is 0.949. The normalized spacial score (nSPS) is 13.4. The summed E-state index contributed by atoms with van der Waals surface area (Å²) in [6.07, 6.45) is 0. The van der Waals surface area contributed by atoms with Crippen molar-refractivity contribution in [2.45, 2.75) is 0 Å². The van der Waals surface area contributed by atoms with Gasteiger partial charge in [-0.15, -0.1) is 22.7 Å². The van der Waals surface area contributed by atoms with E-state index in [0.29, 0.717) is 10.4 Å². The fraction of sp³-hybridized carbons (Fsp3) is 0. The molecule has 0 fully saturated rings. The van der Waals surface area contributed by atoms with E-state index in [1.54, 1.807) is 11.4 Å². The summed E-state index contributed by atoms with van der Waals surface area (Å²) in [5.41, 5.74) is 0.536. The van der Waals surface area contributed by atoms with Crippen molar-refractivity contribution < 1.29 is 19.5 Å². The van der Waals surface area contributed by atoms with E-state index in [9.17, 15) is 19.5 Å². The number of fused-ring (bicyclic) bond motifs is 2. The molecule has 0 unspecified atom stereocenters. The van der Waals surface area contributed by atoms with Gasteiger partial charge in [-0.2, -0.15) is 0 Å². The Kier molecular flexibility index (Phi) is 2.04. The highest BCUT2D eigenvalue weighted by Crippen LogP contribution is 2.35. The van der Waals surface area contributed by atoms with Gasteiger partial charge in [0.05, 0.1) is 20.6 Å². The Labute approximate surface area is 103 Å². The van der Waals surface area contributed by atoms with Crippen molar-refractivity contribution in [2.75, 3.05) is 0 Å². The molecular formula is C11H3O4S2-. The van der Waals surface area contributed by atoms with E-state index in [1.165, 1.54) is 17.4 Å². The van der Waals surface area contributed by atoms with E-state index in [4.69, 9.17) is 0 Å². The molecule has 1 aliphatic rings. The van der Waals surface area contributed by atoms with Gasteiger partial charge in [0.15, 0.2) is 0 Å². The first-order valence-electron chi connectivity index (χ1n) is 4.61. The maximum Gasteiger partial charge on any atom is 0.205 e. The van der Waals surface area contributed by atoms with E-state index in [1.807, 2.05) is 0 Å². The molecule has 0 saturated carbocycles. The van der Waals surface area contributed by atoms with Gasteiger partial charge in [0, 0.05) is 11.1 Å². The van der Waals surface area contributed by atoms with Crippen LogP contribution in [-0.2, 0) is 0 Å². The van der Waals surface area contributed by atoms with Crippen LogP contribution in [0.25, 0.3) is 0 Å². The average Bonchev–Trinajstić information content (AvgIpc) is 2.92. The number of thiophene rings is 2. The summed E-state index contributed by atoms with van der Waals surface area (Å²) in [5, 5.41) is 12.4. The molecule has 2 heterocycles. The van der Waals surface area contributed by atoms with E-state index < -0.39 is 5.97 Å². The van der Waals surface area contributed by atoms with Crippen LogP contribution in [0.2, 0.25) is 0 Å². The first kappa shape index (κ1) is 10.4. The zero-order valence-corrected chi connectivity index (χ0v) is 9.81. The third-order valence-corrected chi connectivity index (χ3v) is 4.53. The molecule has 1 aliphatic carbocycles. The van der Waals surface area contributed by atoms with Crippen LogP contribution < -0.4 is 5.11 Å². The highest BCUT2D eigenvalue weighted by Gasteiger charge is 2.33. The van der Waals surface area contributed by atoms with Crippen LogP contribution in [0.5, 0.6) is 0 Å². The molecule has 6 heteroatoms. The van der Waals surface area contributed by atoms with Crippen molar-refractivity contribution in [3.05, 3.63) is 43.3 Å². The summed E-state index contributed by atoms with van der Waals surface area (Å²) in [4.78, 5) is 35.2. The minimum absolute atomic E-state index is 0.0909. The van der Waals surface area contributed by atoms with Crippen LogP contribution >= 0.6 is 22.7 Å². The molecule has 3 rings (SSSR count). The van der Waals surface area contributed by atoms with Gasteiger partial charge in [-0.05, 0) is 17.5 Å². The monoisotopic (exact) mass is 263 g/mol. The Hall–Kier alpha value is -1.79. The lowest BCUT2D eigenvalue weighted by atomic mass is 9.96. The maximum atomic E-state index is 12.0. The van der Waals surface area contributed by atoms with Crippen LogP contribution in [0.15, 0.2) is 17.5 Å². The molecular weight excluding hydrogens is 260 g/mol. The Morgan fingerprint density at radius 3 is 2.53 bits per heavy atom. The number of carboxylic acid groups (broad SMARTS) is 1. The quantitative estimate of drug-likeness (QED) is 0.655. The second-order valence-corrected chi connectivity index (χ2v) is 5.43. The standard InChI is InChI=1S/C11H4O4S2/c12-7-4-1-2-16-9(4)8(13)5-3-6(11(14)15)17-10(5)7/h1-3H,(H,14,15)/p-1. The van der Waals surface area contributed by atoms with Crippen LogP contribution in [0.1, 0.15) is 40.1 Å². The summed E-state index contributed by atoms with van der Waals surface area (Å²) in [6.45, 7) is 0. The van der Waals surface area contributed by atoms with Crippen LogP contribution in [0, 0.1) is 0 Å². The van der Waals surface area contributed by atoms with Crippen LogP contribution in [0.3, 0.4) is 0 Å². The topological polar surface area (TPSA) is 74.3 Å². The minimum Gasteiger partial charge on any atom is -0.544 e. The number of hydrogen-bond donors (Lipinski definition) is 0. The number of carbonyl (C=O) groups is 3. The molecule has 4 nitrogen and oxygen atoms in total. The van der Waals surface area contributed by atoms with E-state index >= 15 is 0 Å². The molecule has 84 valence electrons. The van der Waals surface area contributed by atoms with Crippen molar-refractivity contribution >= 4 is 40.2 Å². The first-order chi connectivity index (χ1) is 8.09. The molecule has 0 amide bonds. The van der Waals surface area contributed by atoms with Crippen LogP contribution in [-0.4, -0.2) is 17.5 Å². The van der Waals surface area contributed by atoms with Gasteiger partial charge < -0.3 is 9.90 Å². The summed E-state index contributed by atoms with van der Waals surface area (Å²) in [5.74, 6) is -1.94. The molecule has 0 saturated heterocycles. The lowest BCUT2D eigenvalue weighted by molar-refractivity contribution is -0.254. The molecule has 0 spiro atoms. The molecule has 0 atom stereocenters. The lowest BCUT2D eigenvalue weighted by Gasteiger charge is -2.08. The fourth-order valence-electron chi connectivity index (χ4n) is 1.74. The highest BCUT2D eigenvalue weighted by atomic mass is 32.1. The van der Waals surface area contributed by atoms with Crippen molar-refractivity contribution in [1.29, 1.82) is 0 Å². The SMILES string of the molecule is O=C([O-])c1cc2c(s1)C(=O)c1ccsc1C2=O. The number of aromatic carboxylic acids is 1. The summed E-state index contributed by atoms with van der Waals surface area (Å²) < 4.78 is 0. The molecule has 2 aromatic rings. The largest absolute Gasteiger partial charge is 0.544 e. The van der Waals surface area contributed by atoms with Gasteiger partial charge >= 0.3 is 0 Å². The molecule has 2 aromatic heterocycles. The summed E-state index contributed by atoms with van der Waals surface area (Å²) in [6, 6.07) is 2.81. The highest BCUT2D eigenvalue weighted by molar-refractivity contribution is 7.17. The van der Waals surface area contributed by atoms with Crippen molar-refractivity contribution in [3.8, 4) is 0 Å². The molecule has 0 aliphatic heterocycles. The molecule has 0 radical (unpaired) electrons. The molecule has 0 bridgehead atoms. The Morgan fingerprint density at radius 2 is 1.82 bits per heavy atom. The van der Waals surface area contributed by atoms with Gasteiger partial charge in [-0.3, -0.25) is 9.59 Å². The van der Waals surface area contributed by atoms with E-state index in [2.05, 4.69) is 0 Å². The smallest absolute Gasteiger partial charge is 0.205 e. The second kappa shape index (κ2) is 3.35. The molecule has 17 heavy (non-hydrogen) atoms. The summed E-state index contributed by atoms with van der Waals surface area (Å²) >= 11 is 1.98. The maximum absolute atomic E-state index is 12.0. The van der Waals surface area contributed by atoms with Crippen molar-refractivity contribution in [2.24, 2.45) is 0 Å². The van der Waals surface area contributed by atoms with Gasteiger partial charge in [-0.1, -0.05) is 0 Å². The molecule has 0 N–H and O–H groups in total. The lowest BCUT2D eigenvalue weighted by Crippen LogP contribution is -2.20. The van der Waals surface area contributed by atoms with Crippen molar-refractivity contribution in [3.63, 3.8) is 0 Å². The van der Waals surface area contributed by atoms with Gasteiger partial charge in [-0.25, -0.2) is 0 Å². The second-order valence-electron chi connectivity index (χ2n) is 3.46. The Balaban J connectivity index is 2.27. The number of carboxylic acids is 1. The van der Waals surface area contributed by atoms with E-state index in [0.717, 1.165) is 11.3 Å². The number of ketones is 2. The predicted molar refractivity (Wildman–Crippen MR) is 59.8 cm³/mol. The Bertz CT molecular complexity index is 629.